The SMILES string of the molecule is COc1ccccc1NC1CCN(C(=O)[C@@H]2CC(c3cccc(F)c3)=NO2)CC1. The Morgan fingerprint density at radius 2 is 2.00 bits per heavy atom. The van der Waals surface area contributed by atoms with Crippen LogP contribution < -0.4 is 10.1 Å². The van der Waals surface area contributed by atoms with Gasteiger partial charge in [-0.2, -0.15) is 0 Å². The van der Waals surface area contributed by atoms with Gasteiger partial charge in [0, 0.05) is 31.1 Å². The molecule has 1 saturated heterocycles. The predicted molar refractivity (Wildman–Crippen MR) is 109 cm³/mol. The van der Waals surface area contributed by atoms with Crippen LogP contribution in [0.3, 0.4) is 0 Å². The lowest BCUT2D eigenvalue weighted by Crippen LogP contribution is -2.46. The molecule has 0 aromatic heterocycles. The summed E-state index contributed by atoms with van der Waals surface area (Å²) >= 11 is 0. The number of methoxy groups -OCH3 is 1. The molecule has 1 fully saturated rings. The predicted octanol–water partition coefficient (Wildman–Crippen LogP) is 3.43. The van der Waals surface area contributed by atoms with Crippen molar-refractivity contribution in [2.24, 2.45) is 5.16 Å². The van der Waals surface area contributed by atoms with Crippen LogP contribution in [0.25, 0.3) is 0 Å². The van der Waals surface area contributed by atoms with E-state index in [1.165, 1.54) is 12.1 Å². The summed E-state index contributed by atoms with van der Waals surface area (Å²) in [6, 6.07) is 14.3. The third-order valence-electron chi connectivity index (χ3n) is 5.38. The summed E-state index contributed by atoms with van der Waals surface area (Å²) in [7, 11) is 1.66. The van der Waals surface area contributed by atoms with Gasteiger partial charge >= 0.3 is 0 Å². The molecular formula is C22H24FN3O3. The van der Waals surface area contributed by atoms with Crippen molar-refractivity contribution in [1.82, 2.24) is 4.90 Å². The molecule has 0 bridgehead atoms. The molecule has 2 aliphatic rings. The Morgan fingerprint density at radius 3 is 2.76 bits per heavy atom. The number of anilines is 1. The van der Waals surface area contributed by atoms with Gasteiger partial charge in [-0.25, -0.2) is 4.39 Å². The average molecular weight is 397 g/mol. The summed E-state index contributed by atoms with van der Waals surface area (Å²) in [4.78, 5) is 20.0. The third-order valence-corrected chi connectivity index (χ3v) is 5.38. The number of nitrogens with zero attached hydrogens (tertiary/aromatic N) is 2. The molecule has 2 aromatic carbocycles. The van der Waals surface area contributed by atoms with Crippen LogP contribution in [0.15, 0.2) is 53.7 Å². The van der Waals surface area contributed by atoms with E-state index in [1.54, 1.807) is 19.2 Å². The Bertz CT molecular complexity index is 910. The minimum Gasteiger partial charge on any atom is -0.495 e. The second-order valence-corrected chi connectivity index (χ2v) is 7.29. The fraction of sp³-hybridized carbons (Fsp3) is 0.364. The molecule has 0 unspecified atom stereocenters. The fourth-order valence-corrected chi connectivity index (χ4v) is 3.78. The zero-order valence-electron chi connectivity index (χ0n) is 16.3. The van der Waals surface area contributed by atoms with Gasteiger partial charge in [-0.15, -0.1) is 0 Å². The molecule has 152 valence electrons. The summed E-state index contributed by atoms with van der Waals surface area (Å²) in [5.74, 6) is 0.424. The van der Waals surface area contributed by atoms with Gasteiger partial charge in [0.25, 0.3) is 5.91 Å². The van der Waals surface area contributed by atoms with Crippen LogP contribution in [0.1, 0.15) is 24.8 Å². The van der Waals surface area contributed by atoms with E-state index in [9.17, 15) is 9.18 Å². The van der Waals surface area contributed by atoms with Gasteiger partial charge in [0.1, 0.15) is 11.6 Å². The number of hydrogen-bond acceptors (Lipinski definition) is 5. The molecule has 29 heavy (non-hydrogen) atoms. The molecule has 2 aromatic rings. The maximum absolute atomic E-state index is 13.4. The highest BCUT2D eigenvalue weighted by Gasteiger charge is 2.34. The lowest BCUT2D eigenvalue weighted by atomic mass is 10.0. The number of carbonyl (C=O) groups is 1. The largest absolute Gasteiger partial charge is 0.495 e. The number of ether oxygens (including phenoxy) is 1. The summed E-state index contributed by atoms with van der Waals surface area (Å²) in [5, 5.41) is 7.52. The van der Waals surface area contributed by atoms with Crippen LogP contribution in [-0.2, 0) is 9.63 Å². The summed E-state index contributed by atoms with van der Waals surface area (Å²) in [6.07, 6.45) is 1.41. The number of para-hydroxylation sites is 2. The molecule has 4 rings (SSSR count). The van der Waals surface area contributed by atoms with Crippen molar-refractivity contribution in [2.45, 2.75) is 31.4 Å². The third kappa shape index (κ3) is 4.34. The van der Waals surface area contributed by atoms with Crippen molar-refractivity contribution < 1.29 is 18.8 Å². The zero-order valence-corrected chi connectivity index (χ0v) is 16.3. The first kappa shape index (κ1) is 19.2. The highest BCUT2D eigenvalue weighted by atomic mass is 19.1. The molecule has 1 amide bonds. The minimum absolute atomic E-state index is 0.0594. The summed E-state index contributed by atoms with van der Waals surface area (Å²) in [6.45, 7) is 1.31. The van der Waals surface area contributed by atoms with Gasteiger partial charge in [0.05, 0.1) is 18.5 Å². The number of likely N-dealkylation sites (tertiary alicyclic amines) is 1. The number of piperidine rings is 1. The van der Waals surface area contributed by atoms with Crippen molar-refractivity contribution in [3.63, 3.8) is 0 Å². The standard InChI is InChI=1S/C22H24FN3O3/c1-28-20-8-3-2-7-18(20)24-17-9-11-26(12-10-17)22(27)21-14-19(25-29-21)15-5-4-6-16(23)13-15/h2-8,13,17,21,24H,9-12,14H2,1H3/t21-/m0/s1. The maximum atomic E-state index is 13.4. The number of benzene rings is 2. The first-order valence-electron chi connectivity index (χ1n) is 9.81. The molecule has 1 N–H and O–H groups in total. The van der Waals surface area contributed by atoms with Gasteiger partial charge < -0.3 is 19.8 Å². The molecule has 0 radical (unpaired) electrons. The number of carbonyl (C=O) groups excluding carboxylic acids is 1. The van der Waals surface area contributed by atoms with Gasteiger partial charge in [-0.3, -0.25) is 4.79 Å². The van der Waals surface area contributed by atoms with Gasteiger partial charge in [-0.05, 0) is 37.1 Å². The van der Waals surface area contributed by atoms with Crippen molar-refractivity contribution in [3.05, 3.63) is 59.9 Å². The fourth-order valence-electron chi connectivity index (χ4n) is 3.78. The molecule has 7 heteroatoms. The molecular weight excluding hydrogens is 373 g/mol. The second kappa shape index (κ2) is 8.51. The van der Waals surface area contributed by atoms with Crippen LogP contribution in [0, 0.1) is 5.82 Å². The van der Waals surface area contributed by atoms with Crippen LogP contribution in [0.5, 0.6) is 5.75 Å². The van der Waals surface area contributed by atoms with Crippen molar-refractivity contribution in [2.75, 3.05) is 25.5 Å². The number of oxime groups is 1. The number of hydrogen-bond donors (Lipinski definition) is 1. The molecule has 0 aliphatic carbocycles. The molecule has 0 spiro atoms. The highest BCUT2D eigenvalue weighted by Crippen LogP contribution is 2.27. The average Bonchev–Trinajstić information content (AvgIpc) is 3.24. The molecule has 6 nitrogen and oxygen atoms in total. The first-order chi connectivity index (χ1) is 14.1. The van der Waals surface area contributed by atoms with E-state index in [2.05, 4.69) is 10.5 Å². The second-order valence-electron chi connectivity index (χ2n) is 7.29. The Hall–Kier alpha value is -3.09. The Kier molecular flexibility index (Phi) is 5.64. The first-order valence-corrected chi connectivity index (χ1v) is 9.81. The Morgan fingerprint density at radius 1 is 1.21 bits per heavy atom. The van der Waals surface area contributed by atoms with E-state index >= 15 is 0 Å². The maximum Gasteiger partial charge on any atom is 0.266 e. The van der Waals surface area contributed by atoms with Crippen molar-refractivity contribution in [1.29, 1.82) is 0 Å². The van der Waals surface area contributed by atoms with Gasteiger partial charge in [0.2, 0.25) is 6.10 Å². The van der Waals surface area contributed by atoms with E-state index in [-0.39, 0.29) is 17.8 Å². The topological polar surface area (TPSA) is 63.2 Å². The van der Waals surface area contributed by atoms with Gasteiger partial charge in [-0.1, -0.05) is 29.4 Å². The van der Waals surface area contributed by atoms with Crippen molar-refractivity contribution in [3.8, 4) is 5.75 Å². The van der Waals surface area contributed by atoms with Crippen LogP contribution in [0.2, 0.25) is 0 Å². The Balaban J connectivity index is 1.30. The molecule has 1 atom stereocenters. The smallest absolute Gasteiger partial charge is 0.266 e. The van der Waals surface area contributed by atoms with Crippen LogP contribution in [-0.4, -0.2) is 48.9 Å². The zero-order chi connectivity index (χ0) is 20.2. The van der Waals surface area contributed by atoms with Crippen LogP contribution in [0.4, 0.5) is 10.1 Å². The lowest BCUT2D eigenvalue weighted by Gasteiger charge is -2.34. The van der Waals surface area contributed by atoms with E-state index < -0.39 is 6.10 Å². The highest BCUT2D eigenvalue weighted by molar-refractivity contribution is 6.04. The van der Waals surface area contributed by atoms with Crippen molar-refractivity contribution >= 4 is 17.3 Å². The van der Waals surface area contributed by atoms with E-state index in [0.717, 1.165) is 24.3 Å². The monoisotopic (exact) mass is 397 g/mol. The van der Waals surface area contributed by atoms with Gasteiger partial charge in [0.15, 0.2) is 0 Å². The molecule has 2 heterocycles. The Labute approximate surface area is 169 Å². The number of amides is 1. The van der Waals surface area contributed by atoms with Crippen LogP contribution >= 0.6 is 0 Å². The number of halogens is 1. The normalized spacial score (nSPS) is 19.4. The minimum atomic E-state index is -0.632. The quantitative estimate of drug-likeness (QED) is 0.840. The number of rotatable bonds is 5. The summed E-state index contributed by atoms with van der Waals surface area (Å²) < 4.78 is 18.8. The summed E-state index contributed by atoms with van der Waals surface area (Å²) in [5.41, 5.74) is 2.22. The van der Waals surface area contributed by atoms with E-state index in [0.29, 0.717) is 30.8 Å². The number of nitrogens with one attached hydrogen (secondary N) is 1. The molecule has 2 aliphatic heterocycles. The molecule has 0 saturated carbocycles. The lowest BCUT2D eigenvalue weighted by molar-refractivity contribution is -0.143. The van der Waals surface area contributed by atoms with E-state index in [4.69, 9.17) is 9.57 Å². The van der Waals surface area contributed by atoms with E-state index in [1.807, 2.05) is 29.2 Å².